The second-order valence-corrected chi connectivity index (χ2v) is 6.53. The first kappa shape index (κ1) is 13.7. The van der Waals surface area contributed by atoms with Gasteiger partial charge < -0.3 is 15.2 Å². The Morgan fingerprint density at radius 2 is 2.05 bits per heavy atom. The molecule has 2 atom stereocenters. The first-order valence-electron chi connectivity index (χ1n) is 5.71. The number of anilines is 1. The van der Waals surface area contributed by atoms with Gasteiger partial charge in [-0.2, -0.15) is 0 Å². The van der Waals surface area contributed by atoms with Gasteiger partial charge in [0.05, 0.1) is 23.7 Å². The number of benzene rings is 1. The van der Waals surface area contributed by atoms with E-state index in [1.165, 1.54) is 14.0 Å². The van der Waals surface area contributed by atoms with E-state index in [0.717, 1.165) is 0 Å². The van der Waals surface area contributed by atoms with Crippen molar-refractivity contribution in [2.24, 2.45) is 0 Å². The number of fused-ring (bicyclic) bond motifs is 1. The lowest BCUT2D eigenvalue weighted by atomic mass is 10.1. The van der Waals surface area contributed by atoms with E-state index in [1.54, 1.807) is 19.1 Å². The van der Waals surface area contributed by atoms with Gasteiger partial charge in [0.1, 0.15) is 5.75 Å². The maximum atomic E-state index is 12.5. The van der Waals surface area contributed by atoms with Crippen LogP contribution in [0, 0.1) is 6.92 Å². The summed E-state index contributed by atoms with van der Waals surface area (Å²) in [7, 11) is -2.50. The van der Waals surface area contributed by atoms with Crippen molar-refractivity contribution in [3.8, 4) is 5.75 Å². The largest absolute Gasteiger partial charge is 0.495 e. The third-order valence-electron chi connectivity index (χ3n) is 3.22. The Bertz CT molecular complexity index is 638. The highest BCUT2D eigenvalue weighted by atomic mass is 32.2. The topological polar surface area (TPSA) is 92.7 Å². The van der Waals surface area contributed by atoms with Gasteiger partial charge in [-0.3, -0.25) is 4.79 Å². The SMILES string of the molecule is COc1ccc(C)c2c1NC(C)C(C(=O)O)S2(=O)=O. The van der Waals surface area contributed by atoms with Gasteiger partial charge in [-0.25, -0.2) is 8.42 Å². The first-order valence-corrected chi connectivity index (χ1v) is 7.26. The fraction of sp³-hybridized carbons (Fsp3) is 0.417. The fourth-order valence-electron chi connectivity index (χ4n) is 2.39. The number of aliphatic carboxylic acids is 1. The van der Waals surface area contributed by atoms with Gasteiger partial charge >= 0.3 is 5.97 Å². The number of rotatable bonds is 2. The molecule has 1 aliphatic rings. The van der Waals surface area contributed by atoms with E-state index in [1.807, 2.05) is 0 Å². The van der Waals surface area contributed by atoms with Crippen LogP contribution in [-0.4, -0.2) is 37.9 Å². The molecular formula is C12H15NO5S. The Hall–Kier alpha value is -1.76. The van der Waals surface area contributed by atoms with Crippen LogP contribution in [0.2, 0.25) is 0 Å². The number of aryl methyl sites for hydroxylation is 1. The van der Waals surface area contributed by atoms with E-state index in [2.05, 4.69) is 5.32 Å². The lowest BCUT2D eigenvalue weighted by Crippen LogP contribution is -2.47. The quantitative estimate of drug-likeness (QED) is 0.843. The number of carbonyl (C=O) groups is 1. The molecule has 1 aromatic carbocycles. The van der Waals surface area contributed by atoms with Crippen LogP contribution < -0.4 is 10.1 Å². The molecule has 1 aromatic rings. The number of ether oxygens (including phenoxy) is 1. The summed E-state index contributed by atoms with van der Waals surface area (Å²) in [6.07, 6.45) is 0. The number of hydrogen-bond acceptors (Lipinski definition) is 5. The molecule has 0 saturated heterocycles. The summed E-state index contributed by atoms with van der Waals surface area (Å²) in [5.41, 5.74) is 0.842. The lowest BCUT2D eigenvalue weighted by molar-refractivity contribution is -0.136. The average molecular weight is 285 g/mol. The van der Waals surface area contributed by atoms with Gasteiger partial charge in [0, 0.05) is 0 Å². The molecule has 6 nitrogen and oxygen atoms in total. The standard InChI is InChI=1S/C12H15NO5S/c1-6-4-5-8(18-3)9-10(6)19(16,17)11(12(14)15)7(2)13-9/h4-5,7,11,13H,1-3H3,(H,14,15). The zero-order valence-electron chi connectivity index (χ0n) is 10.8. The Morgan fingerprint density at radius 3 is 2.58 bits per heavy atom. The van der Waals surface area contributed by atoms with Gasteiger partial charge in [0.25, 0.3) is 0 Å². The number of carboxylic acid groups (broad SMARTS) is 1. The van der Waals surface area contributed by atoms with Crippen LogP contribution in [0.5, 0.6) is 5.75 Å². The molecule has 1 aliphatic heterocycles. The Morgan fingerprint density at radius 1 is 1.42 bits per heavy atom. The van der Waals surface area contributed by atoms with Crippen LogP contribution in [0.4, 0.5) is 5.69 Å². The molecule has 2 rings (SSSR count). The molecule has 0 amide bonds. The van der Waals surface area contributed by atoms with Crippen molar-refractivity contribution in [1.82, 2.24) is 0 Å². The highest BCUT2D eigenvalue weighted by Crippen LogP contribution is 2.41. The maximum absolute atomic E-state index is 12.5. The van der Waals surface area contributed by atoms with Crippen molar-refractivity contribution in [3.05, 3.63) is 17.7 Å². The Labute approximate surface area is 111 Å². The van der Waals surface area contributed by atoms with Crippen molar-refractivity contribution in [2.75, 3.05) is 12.4 Å². The molecule has 0 bridgehead atoms. The van der Waals surface area contributed by atoms with E-state index in [0.29, 0.717) is 17.0 Å². The second kappa shape index (κ2) is 4.41. The van der Waals surface area contributed by atoms with Crippen LogP contribution in [0.1, 0.15) is 12.5 Å². The Balaban J connectivity index is 2.78. The summed E-state index contributed by atoms with van der Waals surface area (Å²) in [4.78, 5) is 11.2. The van der Waals surface area contributed by atoms with Crippen molar-refractivity contribution < 1.29 is 23.1 Å². The van der Waals surface area contributed by atoms with Crippen LogP contribution in [0.25, 0.3) is 0 Å². The molecule has 1 heterocycles. The fourth-order valence-corrected chi connectivity index (χ4v) is 4.47. The summed E-state index contributed by atoms with van der Waals surface area (Å²) >= 11 is 0. The monoisotopic (exact) mass is 285 g/mol. The third-order valence-corrected chi connectivity index (χ3v) is 5.60. The third kappa shape index (κ3) is 1.94. The molecule has 0 fully saturated rings. The van der Waals surface area contributed by atoms with E-state index < -0.39 is 27.1 Å². The smallest absolute Gasteiger partial charge is 0.324 e. The average Bonchev–Trinajstić information content (AvgIpc) is 2.26. The molecule has 0 spiro atoms. The van der Waals surface area contributed by atoms with E-state index in [4.69, 9.17) is 9.84 Å². The number of nitrogens with one attached hydrogen (secondary N) is 1. The van der Waals surface area contributed by atoms with E-state index >= 15 is 0 Å². The number of methoxy groups -OCH3 is 1. The highest BCUT2D eigenvalue weighted by molar-refractivity contribution is 7.93. The predicted octanol–water partition coefficient (Wildman–Crippen LogP) is 1.04. The minimum Gasteiger partial charge on any atom is -0.495 e. The molecule has 19 heavy (non-hydrogen) atoms. The molecule has 0 aliphatic carbocycles. The van der Waals surface area contributed by atoms with Gasteiger partial charge in [-0.05, 0) is 25.5 Å². The maximum Gasteiger partial charge on any atom is 0.324 e. The molecular weight excluding hydrogens is 270 g/mol. The predicted molar refractivity (Wildman–Crippen MR) is 69.4 cm³/mol. The molecule has 0 saturated carbocycles. The molecule has 0 radical (unpaired) electrons. The van der Waals surface area contributed by atoms with Gasteiger partial charge in [0.2, 0.25) is 0 Å². The molecule has 7 heteroatoms. The Kier molecular flexibility index (Phi) is 3.17. The number of hydrogen-bond donors (Lipinski definition) is 2. The van der Waals surface area contributed by atoms with Crippen molar-refractivity contribution in [2.45, 2.75) is 30.0 Å². The minimum atomic E-state index is -3.94. The van der Waals surface area contributed by atoms with Gasteiger partial charge in [0.15, 0.2) is 15.1 Å². The van der Waals surface area contributed by atoms with Crippen LogP contribution in [0.15, 0.2) is 17.0 Å². The summed E-state index contributed by atoms with van der Waals surface area (Å²) < 4.78 is 30.1. The van der Waals surface area contributed by atoms with Crippen LogP contribution in [0.3, 0.4) is 0 Å². The van der Waals surface area contributed by atoms with E-state index in [9.17, 15) is 13.2 Å². The summed E-state index contributed by atoms with van der Waals surface area (Å²) in [5, 5.41) is 10.6. The minimum absolute atomic E-state index is 0.0114. The summed E-state index contributed by atoms with van der Waals surface area (Å²) in [5.74, 6) is -0.965. The van der Waals surface area contributed by atoms with E-state index in [-0.39, 0.29) is 4.90 Å². The lowest BCUT2D eigenvalue weighted by Gasteiger charge is -2.31. The zero-order valence-corrected chi connectivity index (χ0v) is 11.6. The van der Waals surface area contributed by atoms with Crippen LogP contribution >= 0.6 is 0 Å². The van der Waals surface area contributed by atoms with Gasteiger partial charge in [-0.1, -0.05) is 6.07 Å². The molecule has 104 valence electrons. The summed E-state index contributed by atoms with van der Waals surface area (Å²) in [6, 6.07) is 2.53. The molecule has 0 aromatic heterocycles. The number of carboxylic acids is 1. The van der Waals surface area contributed by atoms with Crippen molar-refractivity contribution >= 4 is 21.5 Å². The van der Waals surface area contributed by atoms with Crippen molar-refractivity contribution in [3.63, 3.8) is 0 Å². The highest BCUT2D eigenvalue weighted by Gasteiger charge is 2.45. The number of sulfone groups is 1. The first-order chi connectivity index (χ1) is 8.80. The second-order valence-electron chi connectivity index (χ2n) is 4.53. The van der Waals surface area contributed by atoms with Gasteiger partial charge in [-0.15, -0.1) is 0 Å². The van der Waals surface area contributed by atoms with Crippen LogP contribution in [-0.2, 0) is 14.6 Å². The zero-order chi connectivity index (χ0) is 14.4. The normalized spacial score (nSPS) is 24.2. The summed E-state index contributed by atoms with van der Waals surface area (Å²) in [6.45, 7) is 3.16. The molecule has 2 N–H and O–H groups in total. The van der Waals surface area contributed by atoms with Crippen molar-refractivity contribution in [1.29, 1.82) is 0 Å². The molecule has 2 unspecified atom stereocenters.